The van der Waals surface area contributed by atoms with Crippen LogP contribution in [0.4, 0.5) is 0 Å². The zero-order valence-electron chi connectivity index (χ0n) is 15.1. The lowest BCUT2D eigenvalue weighted by atomic mass is 9.90. The molecule has 3 rings (SSSR count). The minimum Gasteiger partial charge on any atom is -0.375 e. The van der Waals surface area contributed by atoms with Crippen molar-refractivity contribution >= 4 is 23.4 Å². The van der Waals surface area contributed by atoms with Crippen molar-refractivity contribution < 1.29 is 19.1 Å². The molecule has 7 heteroatoms. The number of halogens is 1. The molecule has 2 heterocycles. The summed E-state index contributed by atoms with van der Waals surface area (Å²) in [6, 6.07) is 7.57. The van der Waals surface area contributed by atoms with E-state index in [1.165, 1.54) is 7.11 Å². The summed E-state index contributed by atoms with van der Waals surface area (Å²) in [6.07, 6.45) is 1.85. The van der Waals surface area contributed by atoms with Crippen LogP contribution in [-0.2, 0) is 25.6 Å². The first-order chi connectivity index (χ1) is 12.5. The Kier molecular flexibility index (Phi) is 6.16. The van der Waals surface area contributed by atoms with Gasteiger partial charge in [-0.05, 0) is 30.5 Å². The maximum atomic E-state index is 12.5. The second-order valence-electron chi connectivity index (χ2n) is 6.97. The summed E-state index contributed by atoms with van der Waals surface area (Å²) >= 11 is 5.95. The first-order valence-corrected chi connectivity index (χ1v) is 9.32. The molecule has 2 fully saturated rings. The van der Waals surface area contributed by atoms with Crippen LogP contribution in [-0.4, -0.2) is 67.2 Å². The molecular formula is C19H25ClN2O4. The fourth-order valence-electron chi connectivity index (χ4n) is 3.63. The number of carbonyl (C=O) groups is 2. The molecule has 0 atom stereocenters. The molecule has 1 spiro atoms. The second kappa shape index (κ2) is 8.37. The Hall–Kier alpha value is -1.63. The third-order valence-electron chi connectivity index (χ3n) is 5.14. The minimum atomic E-state index is -0.373. The number of rotatable bonds is 4. The fraction of sp³-hybridized carbons (Fsp3) is 0.579. The average molecular weight is 381 g/mol. The fourth-order valence-corrected chi connectivity index (χ4v) is 3.76. The largest absolute Gasteiger partial charge is 0.375 e. The monoisotopic (exact) mass is 380 g/mol. The number of hydrogen-bond acceptors (Lipinski definition) is 4. The topological polar surface area (TPSA) is 59.1 Å². The maximum absolute atomic E-state index is 12.5. The van der Waals surface area contributed by atoms with Crippen LogP contribution in [0.1, 0.15) is 24.8 Å². The van der Waals surface area contributed by atoms with Gasteiger partial charge >= 0.3 is 0 Å². The van der Waals surface area contributed by atoms with Gasteiger partial charge in [-0.3, -0.25) is 9.59 Å². The van der Waals surface area contributed by atoms with E-state index in [1.54, 1.807) is 0 Å². The number of carbonyl (C=O) groups excluding carboxylic acids is 2. The highest BCUT2D eigenvalue weighted by atomic mass is 35.5. The summed E-state index contributed by atoms with van der Waals surface area (Å²) in [7, 11) is 1.53. The van der Waals surface area contributed by atoms with Gasteiger partial charge in [-0.1, -0.05) is 23.7 Å². The summed E-state index contributed by atoms with van der Waals surface area (Å²) in [4.78, 5) is 28.2. The number of benzene rings is 1. The predicted octanol–water partition coefficient (Wildman–Crippen LogP) is 2.10. The van der Waals surface area contributed by atoms with Gasteiger partial charge in [-0.2, -0.15) is 0 Å². The Morgan fingerprint density at radius 2 is 1.96 bits per heavy atom. The molecule has 6 nitrogen and oxygen atoms in total. The molecule has 0 aliphatic carbocycles. The molecule has 1 aromatic rings. The number of piperidine rings is 1. The second-order valence-corrected chi connectivity index (χ2v) is 7.41. The van der Waals surface area contributed by atoms with Crippen molar-refractivity contribution in [3.05, 3.63) is 34.9 Å². The smallest absolute Gasteiger partial charge is 0.248 e. The summed E-state index contributed by atoms with van der Waals surface area (Å²) in [5.41, 5.74) is 0.676. The molecule has 0 N–H and O–H groups in total. The van der Waals surface area contributed by atoms with Crippen LogP contribution in [0.3, 0.4) is 0 Å². The summed E-state index contributed by atoms with van der Waals surface area (Å²) in [6.45, 7) is 2.90. The van der Waals surface area contributed by atoms with Crippen molar-refractivity contribution in [2.75, 3.05) is 40.0 Å². The summed E-state index contributed by atoms with van der Waals surface area (Å²) < 4.78 is 11.1. The molecule has 2 aliphatic rings. The Balaban J connectivity index is 1.66. The first kappa shape index (κ1) is 19.1. The quantitative estimate of drug-likeness (QED) is 0.802. The third kappa shape index (κ3) is 4.55. The highest BCUT2D eigenvalue weighted by molar-refractivity contribution is 6.30. The lowest BCUT2D eigenvalue weighted by molar-refractivity contribution is -0.143. The lowest BCUT2D eigenvalue weighted by Crippen LogP contribution is -2.53. The number of hydrogen-bond donors (Lipinski definition) is 0. The molecule has 142 valence electrons. The zero-order valence-corrected chi connectivity index (χ0v) is 15.8. The van der Waals surface area contributed by atoms with Gasteiger partial charge in [0.25, 0.3) is 0 Å². The third-order valence-corrected chi connectivity index (χ3v) is 5.39. The van der Waals surface area contributed by atoms with Crippen molar-refractivity contribution in [1.82, 2.24) is 9.80 Å². The van der Waals surface area contributed by atoms with Crippen molar-refractivity contribution in [2.45, 2.75) is 31.4 Å². The van der Waals surface area contributed by atoms with Crippen molar-refractivity contribution in [1.29, 1.82) is 0 Å². The van der Waals surface area contributed by atoms with Gasteiger partial charge in [-0.25, -0.2) is 0 Å². The molecular weight excluding hydrogens is 356 g/mol. The van der Waals surface area contributed by atoms with E-state index in [1.807, 2.05) is 34.1 Å². The van der Waals surface area contributed by atoms with Gasteiger partial charge in [0.15, 0.2) is 0 Å². The van der Waals surface area contributed by atoms with Crippen LogP contribution in [0.15, 0.2) is 24.3 Å². The average Bonchev–Trinajstić information content (AvgIpc) is 2.77. The van der Waals surface area contributed by atoms with E-state index < -0.39 is 0 Å². The van der Waals surface area contributed by atoms with Crippen LogP contribution >= 0.6 is 11.6 Å². The highest BCUT2D eigenvalue weighted by Gasteiger charge is 2.41. The lowest BCUT2D eigenvalue weighted by Gasteiger charge is -2.42. The van der Waals surface area contributed by atoms with Crippen molar-refractivity contribution in [2.24, 2.45) is 0 Å². The summed E-state index contributed by atoms with van der Waals surface area (Å²) in [5.74, 6) is 0.111. The van der Waals surface area contributed by atoms with Crippen molar-refractivity contribution in [3.63, 3.8) is 0 Å². The maximum Gasteiger partial charge on any atom is 0.248 e. The van der Waals surface area contributed by atoms with Crippen molar-refractivity contribution in [3.8, 4) is 0 Å². The zero-order chi connectivity index (χ0) is 18.6. The van der Waals surface area contributed by atoms with E-state index in [9.17, 15) is 9.59 Å². The van der Waals surface area contributed by atoms with E-state index in [4.69, 9.17) is 21.1 Å². The Morgan fingerprint density at radius 3 is 2.62 bits per heavy atom. The molecule has 0 saturated carbocycles. The van der Waals surface area contributed by atoms with E-state index in [2.05, 4.69) is 0 Å². The number of methoxy groups -OCH3 is 1. The van der Waals surface area contributed by atoms with Gasteiger partial charge in [0.1, 0.15) is 6.61 Å². The molecule has 2 aliphatic heterocycles. The SMILES string of the molecule is COCC(=O)N1CCC2(CC1)CN(Cc1ccc(Cl)cc1)C(=O)CCO2. The molecule has 1 aromatic carbocycles. The number of likely N-dealkylation sites (tertiary alicyclic amines) is 1. The van der Waals surface area contributed by atoms with E-state index >= 15 is 0 Å². The van der Waals surface area contributed by atoms with Gasteiger partial charge < -0.3 is 19.3 Å². The molecule has 0 bridgehead atoms. The summed E-state index contributed by atoms with van der Waals surface area (Å²) in [5, 5.41) is 0.684. The molecule has 0 radical (unpaired) electrons. The van der Waals surface area contributed by atoms with Gasteiger partial charge in [0.05, 0.1) is 25.2 Å². The van der Waals surface area contributed by atoms with E-state index in [-0.39, 0.29) is 24.0 Å². The van der Waals surface area contributed by atoms with Crippen LogP contribution in [0, 0.1) is 0 Å². The molecule has 2 amide bonds. The first-order valence-electron chi connectivity index (χ1n) is 8.94. The Morgan fingerprint density at radius 1 is 1.27 bits per heavy atom. The number of ether oxygens (including phenoxy) is 2. The highest BCUT2D eigenvalue weighted by Crippen LogP contribution is 2.31. The molecule has 0 unspecified atom stereocenters. The van der Waals surface area contributed by atoms with Crippen LogP contribution in [0.2, 0.25) is 5.02 Å². The van der Waals surface area contributed by atoms with Gasteiger partial charge in [0, 0.05) is 31.8 Å². The van der Waals surface area contributed by atoms with Crippen LogP contribution < -0.4 is 0 Å². The predicted molar refractivity (Wildman–Crippen MR) is 97.9 cm³/mol. The molecule has 26 heavy (non-hydrogen) atoms. The van der Waals surface area contributed by atoms with E-state index in [0.29, 0.717) is 44.2 Å². The van der Waals surface area contributed by atoms with Gasteiger partial charge in [-0.15, -0.1) is 0 Å². The number of amides is 2. The molecule has 2 saturated heterocycles. The number of nitrogens with zero attached hydrogens (tertiary/aromatic N) is 2. The van der Waals surface area contributed by atoms with E-state index in [0.717, 1.165) is 18.4 Å². The van der Waals surface area contributed by atoms with Gasteiger partial charge in [0.2, 0.25) is 11.8 Å². The normalized spacial score (nSPS) is 20.3. The van der Waals surface area contributed by atoms with Crippen LogP contribution in [0.25, 0.3) is 0 Å². The Labute approximate surface area is 159 Å². The standard InChI is InChI=1S/C19H25ClN2O4/c1-25-13-18(24)21-9-7-19(8-10-21)14-22(17(23)6-11-26-19)12-15-2-4-16(20)5-3-15/h2-5H,6-14H2,1H3. The Bertz CT molecular complexity index is 641. The molecule has 0 aromatic heterocycles. The minimum absolute atomic E-state index is 0.00469. The van der Waals surface area contributed by atoms with Crippen LogP contribution in [0.5, 0.6) is 0 Å².